The van der Waals surface area contributed by atoms with E-state index in [9.17, 15) is 0 Å². The fourth-order valence-corrected chi connectivity index (χ4v) is 20.0. The van der Waals surface area contributed by atoms with Gasteiger partial charge in [-0.15, -0.1) is 0 Å². The molecule has 0 aromatic rings. The second-order valence-corrected chi connectivity index (χ2v) is 23.3. The maximum absolute atomic E-state index is 7.82. The Hall–Kier alpha value is 0.190. The topological polar surface area (TPSA) is 30.9 Å². The van der Waals surface area contributed by atoms with E-state index in [0.717, 1.165) is 81.8 Å². The first-order valence-corrected chi connectivity index (χ1v) is 25.6. The highest BCUT2D eigenvalue weighted by atomic mass is 32.2. The molecular formula is C48H75NO3S. The van der Waals surface area contributed by atoms with Crippen LogP contribution in [0.3, 0.4) is 0 Å². The van der Waals surface area contributed by atoms with E-state index in [1.165, 1.54) is 173 Å². The number of ether oxygens (including phenoxy) is 3. The molecule has 19 unspecified atom stereocenters. The summed E-state index contributed by atoms with van der Waals surface area (Å²) in [5, 5.41) is 1.86. The molecule has 0 radical (unpaired) electrons. The van der Waals surface area contributed by atoms with Crippen molar-refractivity contribution in [1.82, 2.24) is 4.90 Å². The first-order valence-electron chi connectivity index (χ1n) is 24.7. The van der Waals surface area contributed by atoms with Crippen LogP contribution < -0.4 is 0 Å². The molecule has 0 spiro atoms. The molecule has 4 heterocycles. The Balaban J connectivity index is 0.810. The van der Waals surface area contributed by atoms with E-state index >= 15 is 0 Å². The molecular weight excluding hydrogens is 671 g/mol. The molecule has 0 aromatic heterocycles. The summed E-state index contributed by atoms with van der Waals surface area (Å²) < 4.78 is 21.8. The molecule has 8 aliphatic carbocycles. The quantitative estimate of drug-likeness (QED) is 0.286. The molecule has 12 rings (SSSR count). The summed E-state index contributed by atoms with van der Waals surface area (Å²) in [7, 11) is 0. The van der Waals surface area contributed by atoms with Crippen molar-refractivity contribution in [2.24, 2.45) is 59.2 Å². The van der Waals surface area contributed by atoms with Crippen molar-refractivity contribution in [3.8, 4) is 0 Å². The van der Waals surface area contributed by atoms with Crippen molar-refractivity contribution in [3.63, 3.8) is 0 Å². The van der Waals surface area contributed by atoms with E-state index in [2.05, 4.69) is 16.7 Å². The van der Waals surface area contributed by atoms with Crippen LogP contribution in [0, 0.1) is 59.2 Å². The zero-order valence-electron chi connectivity index (χ0n) is 33.3. The lowest BCUT2D eigenvalue weighted by Gasteiger charge is -2.54. The zero-order chi connectivity index (χ0) is 34.6. The van der Waals surface area contributed by atoms with Crippen molar-refractivity contribution in [1.29, 1.82) is 0 Å². The van der Waals surface area contributed by atoms with Crippen LogP contribution in [0.25, 0.3) is 0 Å². The first-order chi connectivity index (χ1) is 26.3. The largest absolute Gasteiger partial charge is 0.374 e. The van der Waals surface area contributed by atoms with Crippen LogP contribution in [-0.4, -0.2) is 70.1 Å². The van der Waals surface area contributed by atoms with Gasteiger partial charge in [-0.1, -0.05) is 44.9 Å². The highest BCUT2D eigenvalue weighted by Crippen LogP contribution is 2.62. The van der Waals surface area contributed by atoms with Gasteiger partial charge >= 0.3 is 0 Å². The third kappa shape index (κ3) is 5.91. The van der Waals surface area contributed by atoms with Gasteiger partial charge in [0.15, 0.2) is 0 Å². The lowest BCUT2D eigenvalue weighted by atomic mass is 9.64. The van der Waals surface area contributed by atoms with E-state index in [4.69, 9.17) is 14.2 Å². The molecule has 0 amide bonds. The van der Waals surface area contributed by atoms with Gasteiger partial charge in [-0.3, -0.25) is 4.90 Å². The average Bonchev–Trinajstić information content (AvgIpc) is 3.98. The van der Waals surface area contributed by atoms with E-state index in [1.807, 2.05) is 0 Å². The molecule has 5 heteroatoms. The predicted molar refractivity (Wildman–Crippen MR) is 214 cm³/mol. The van der Waals surface area contributed by atoms with Gasteiger partial charge < -0.3 is 14.2 Å². The average molecular weight is 746 g/mol. The molecule has 0 N–H and O–H groups in total. The molecule has 4 nitrogen and oxygen atoms in total. The number of nitrogens with zero attached hydrogens (tertiary/aromatic N) is 1. The van der Waals surface area contributed by atoms with Gasteiger partial charge in [0.2, 0.25) is 0 Å². The lowest BCUT2D eigenvalue weighted by Crippen LogP contribution is -2.61. The minimum Gasteiger partial charge on any atom is -0.374 e. The zero-order valence-corrected chi connectivity index (χ0v) is 34.1. The molecule has 12 aliphatic rings. The normalized spacial score (nSPS) is 57.3. The molecule has 4 saturated heterocycles. The number of hydrogen-bond donors (Lipinski definition) is 0. The maximum atomic E-state index is 7.82. The van der Waals surface area contributed by atoms with Crippen LogP contribution in [0.5, 0.6) is 0 Å². The Morgan fingerprint density at radius 1 is 0.358 bits per heavy atom. The number of rotatable bonds is 4. The summed E-state index contributed by atoms with van der Waals surface area (Å²) in [6.45, 7) is 0. The van der Waals surface area contributed by atoms with Crippen molar-refractivity contribution in [2.75, 3.05) is 0 Å². The van der Waals surface area contributed by atoms with Crippen molar-refractivity contribution in [2.45, 2.75) is 239 Å². The second kappa shape index (κ2) is 14.5. The van der Waals surface area contributed by atoms with Crippen LogP contribution in [0.4, 0.5) is 0 Å². The second-order valence-electron chi connectivity index (χ2n) is 21.9. The minimum atomic E-state index is 0.506. The minimum absolute atomic E-state index is 0.506. The highest BCUT2D eigenvalue weighted by molar-refractivity contribution is 8.00. The summed E-state index contributed by atoms with van der Waals surface area (Å²) >= 11 is 2.44. The molecule has 19 atom stereocenters. The summed E-state index contributed by atoms with van der Waals surface area (Å²) in [6.07, 6.45) is 42.4. The molecule has 8 saturated carbocycles. The standard InChI is InChI=1S/C48H75NO3S/c1-4-15-39-31(9-1)32-24-21-29(27-42(32)51-39)28-19-22-30(23-20-28)49(37-13-8-17-41-45(37)35-10-2-5-16-40(35)50-41)38-14-7-12-33-34-25-26-44-46(48(34)52-47(33)38)36-11-3-6-18-43(36)53-44/h28-48H,1-27H2. The monoisotopic (exact) mass is 746 g/mol. The van der Waals surface area contributed by atoms with Crippen LogP contribution in [0.15, 0.2) is 0 Å². The van der Waals surface area contributed by atoms with Crippen LogP contribution in [-0.2, 0) is 14.2 Å². The smallest absolute Gasteiger partial charge is 0.0766 e. The van der Waals surface area contributed by atoms with Gasteiger partial charge in [-0.2, -0.15) is 11.8 Å². The molecule has 4 aliphatic heterocycles. The van der Waals surface area contributed by atoms with E-state index in [0.29, 0.717) is 42.7 Å². The van der Waals surface area contributed by atoms with Crippen molar-refractivity contribution >= 4 is 11.8 Å². The Morgan fingerprint density at radius 2 is 0.981 bits per heavy atom. The molecule has 296 valence electrons. The van der Waals surface area contributed by atoms with E-state index in [-0.39, 0.29) is 0 Å². The summed E-state index contributed by atoms with van der Waals surface area (Å²) in [4.78, 5) is 3.35. The molecule has 0 aromatic carbocycles. The first kappa shape index (κ1) is 35.2. The van der Waals surface area contributed by atoms with Gasteiger partial charge in [0.1, 0.15) is 0 Å². The molecule has 12 fully saturated rings. The molecule has 53 heavy (non-hydrogen) atoms. The summed E-state index contributed by atoms with van der Waals surface area (Å²) in [5.41, 5.74) is 0. The predicted octanol–water partition coefficient (Wildman–Crippen LogP) is 11.0. The summed E-state index contributed by atoms with van der Waals surface area (Å²) in [5.74, 6) is 8.81. The van der Waals surface area contributed by atoms with Gasteiger partial charge in [0, 0.05) is 40.5 Å². The van der Waals surface area contributed by atoms with Crippen molar-refractivity contribution < 1.29 is 14.2 Å². The number of fused-ring (bicyclic) bond motifs is 13. The van der Waals surface area contributed by atoms with E-state index in [1.54, 1.807) is 0 Å². The fraction of sp³-hybridized carbons (Fsp3) is 1.00. The Morgan fingerprint density at radius 3 is 1.87 bits per heavy atom. The van der Waals surface area contributed by atoms with Gasteiger partial charge in [-0.25, -0.2) is 0 Å². The SMILES string of the molecule is C1CCC2C(C1)OC1CC(C3CCC(N(C4CCCC5C6CCC7SC8CCCCC8C7C6OC54)C4CCCC5OC6CCCCC6C54)CC3)CCC12. The number of thioether (sulfide) groups is 1. The third-order valence-corrected chi connectivity index (χ3v) is 21.7. The maximum Gasteiger partial charge on any atom is 0.0766 e. The molecule has 0 bridgehead atoms. The third-order valence-electron chi connectivity index (χ3n) is 19.9. The van der Waals surface area contributed by atoms with Crippen LogP contribution in [0.2, 0.25) is 0 Å². The van der Waals surface area contributed by atoms with Crippen molar-refractivity contribution in [3.05, 3.63) is 0 Å². The van der Waals surface area contributed by atoms with Gasteiger partial charge in [-0.05, 0) is 176 Å². The van der Waals surface area contributed by atoms with E-state index < -0.39 is 0 Å². The van der Waals surface area contributed by atoms with Gasteiger partial charge in [0.05, 0.1) is 36.6 Å². The lowest BCUT2D eigenvalue weighted by molar-refractivity contribution is -0.112. The van der Waals surface area contributed by atoms with Crippen LogP contribution in [0.1, 0.15) is 173 Å². The Labute approximate surface area is 327 Å². The number of hydrogen-bond acceptors (Lipinski definition) is 5. The fourth-order valence-electron chi connectivity index (χ4n) is 17.9. The van der Waals surface area contributed by atoms with Gasteiger partial charge in [0.25, 0.3) is 0 Å². The van der Waals surface area contributed by atoms with Crippen LogP contribution >= 0.6 is 11.8 Å². The highest BCUT2D eigenvalue weighted by Gasteiger charge is 2.62. The Bertz CT molecular complexity index is 1300. The Kier molecular flexibility index (Phi) is 9.61. The summed E-state index contributed by atoms with van der Waals surface area (Å²) in [6, 6.07) is 2.17.